The molecule has 0 saturated heterocycles. The van der Waals surface area contributed by atoms with Gasteiger partial charge >= 0.3 is 6.18 Å². The average molecular weight is 596 g/mol. The summed E-state index contributed by atoms with van der Waals surface area (Å²) in [6.45, 7) is 1.38. The van der Waals surface area contributed by atoms with Gasteiger partial charge in [-0.1, -0.05) is 65.7 Å². The van der Waals surface area contributed by atoms with Gasteiger partial charge in [-0.15, -0.1) is 0 Å². The Balaban J connectivity index is 2.04. The molecule has 2 amide bonds. The van der Waals surface area contributed by atoms with Crippen molar-refractivity contribution in [1.82, 2.24) is 5.32 Å². The number of carbonyl (C=O) groups is 3. The second-order valence-electron chi connectivity index (χ2n) is 9.17. The quantitative estimate of drug-likeness (QED) is 0.381. The Morgan fingerprint density at radius 3 is 2.42 bits per heavy atom. The lowest BCUT2D eigenvalue weighted by Crippen LogP contribution is -2.47. The van der Waals surface area contributed by atoms with E-state index in [0.29, 0.717) is 38.9 Å². The number of rotatable bonds is 10. The van der Waals surface area contributed by atoms with E-state index < -0.39 is 54.6 Å². The number of benzene rings is 2. The molecule has 0 radical (unpaired) electrons. The van der Waals surface area contributed by atoms with E-state index in [9.17, 15) is 32.7 Å². The van der Waals surface area contributed by atoms with E-state index >= 15 is 0 Å². The summed E-state index contributed by atoms with van der Waals surface area (Å²) < 4.78 is 39.7. The highest BCUT2D eigenvalue weighted by Crippen LogP contribution is 2.32. The van der Waals surface area contributed by atoms with Crippen LogP contribution in [0.5, 0.6) is 0 Å². The molecule has 3 atom stereocenters. The van der Waals surface area contributed by atoms with Gasteiger partial charge in [0.15, 0.2) is 11.9 Å². The number of ketones is 1. The van der Waals surface area contributed by atoms with Gasteiger partial charge in [0.05, 0.1) is 12.3 Å². The van der Waals surface area contributed by atoms with Crippen LogP contribution in [0.2, 0.25) is 0 Å². The van der Waals surface area contributed by atoms with Crippen molar-refractivity contribution in [2.24, 2.45) is 22.6 Å². The number of aliphatic imine (C=N–C) groups is 1. The fraction of sp³-hybridized carbons (Fsp3) is 0.407. The summed E-state index contributed by atoms with van der Waals surface area (Å²) in [7, 11) is 0. The molecule has 1 heterocycles. The average Bonchev–Trinajstić information content (AvgIpc) is 2.99. The number of Topliss-reactive ketones (excluding diaryl/α,β-unsaturated/α-hetero) is 1. The second-order valence-corrected chi connectivity index (χ2v) is 10.0. The molecule has 1 aliphatic heterocycles. The Kier molecular flexibility index (Phi) is 9.83. The van der Waals surface area contributed by atoms with E-state index in [-0.39, 0.29) is 19.4 Å². The number of carbonyl (C=O) groups excluding carboxylic acids is 3. The molecule has 0 saturated carbocycles. The minimum atomic E-state index is -4.54. The van der Waals surface area contributed by atoms with Gasteiger partial charge in [-0.25, -0.2) is 0 Å². The fourth-order valence-corrected chi connectivity index (χ4v) is 5.17. The number of hydrogen-bond acceptors (Lipinski definition) is 5. The van der Waals surface area contributed by atoms with Crippen LogP contribution in [0.1, 0.15) is 54.9 Å². The van der Waals surface area contributed by atoms with E-state index in [0.717, 1.165) is 0 Å². The van der Waals surface area contributed by atoms with Crippen molar-refractivity contribution in [1.29, 1.82) is 0 Å². The van der Waals surface area contributed by atoms with Gasteiger partial charge in [-0.2, -0.15) is 13.2 Å². The number of aliphatic hydroxyl groups is 1. The van der Waals surface area contributed by atoms with Crippen LogP contribution in [0.25, 0.3) is 0 Å². The molecule has 4 N–H and O–H groups in total. The maximum absolute atomic E-state index is 13.3. The van der Waals surface area contributed by atoms with Crippen molar-refractivity contribution in [3.8, 4) is 0 Å². The number of aliphatic hydroxyl groups excluding tert-OH is 1. The maximum atomic E-state index is 13.3. The Hall–Kier alpha value is -3.05. The highest BCUT2D eigenvalue weighted by atomic mass is 79.9. The summed E-state index contributed by atoms with van der Waals surface area (Å²) in [4.78, 5) is 43.3. The third-order valence-electron chi connectivity index (χ3n) is 6.55. The summed E-state index contributed by atoms with van der Waals surface area (Å²) in [5.41, 5.74) is 8.09. The molecule has 0 bridgehead atoms. The predicted octanol–water partition coefficient (Wildman–Crippen LogP) is 4.21. The van der Waals surface area contributed by atoms with E-state index in [1.807, 2.05) is 0 Å². The highest BCUT2D eigenvalue weighted by Gasteiger charge is 2.38. The minimum Gasteiger partial charge on any atom is -0.392 e. The number of nitrogens with two attached hydrogens (primary N) is 1. The first kappa shape index (κ1) is 29.5. The minimum absolute atomic E-state index is 0.127. The maximum Gasteiger partial charge on any atom is 0.389 e. The molecule has 7 nitrogen and oxygen atoms in total. The largest absolute Gasteiger partial charge is 0.392 e. The van der Waals surface area contributed by atoms with Crippen LogP contribution in [0.15, 0.2) is 51.9 Å². The lowest BCUT2D eigenvalue weighted by atomic mass is 9.83. The third kappa shape index (κ3) is 7.08. The van der Waals surface area contributed by atoms with E-state index in [4.69, 9.17) is 5.73 Å². The molecule has 0 unspecified atom stereocenters. The molecule has 3 rings (SSSR count). The summed E-state index contributed by atoms with van der Waals surface area (Å²) >= 11 is 3.39. The first-order valence-corrected chi connectivity index (χ1v) is 13.0. The molecule has 2 aromatic rings. The molecule has 1 aliphatic rings. The molecule has 0 aliphatic carbocycles. The third-order valence-corrected chi connectivity index (χ3v) is 7.30. The number of hydrogen-bond donors (Lipinski definition) is 3. The molecule has 0 spiro atoms. The number of nitrogens with zero attached hydrogens (tertiary/aromatic N) is 1. The summed E-state index contributed by atoms with van der Waals surface area (Å²) in [6, 6.07) is 12.4. The van der Waals surface area contributed by atoms with Crippen LogP contribution >= 0.6 is 15.9 Å². The van der Waals surface area contributed by atoms with Gasteiger partial charge in [-0.3, -0.25) is 19.4 Å². The molecule has 11 heteroatoms. The van der Waals surface area contributed by atoms with Crippen LogP contribution in [-0.2, 0) is 27.4 Å². The number of fused-ring (bicyclic) bond motifs is 1. The molecular formula is C27H29BrF3N3O4. The normalized spacial score (nSPS) is 17.2. The SMILES string of the molecule is CCC[C@H](C(N)=O)[C@@H](CCC(F)(F)F)C(=O)N[C@H]1N=C(c2ccccc2)c2ccc(Br)c(CO)c2CC1=O. The van der Waals surface area contributed by atoms with E-state index in [2.05, 4.69) is 26.2 Å². The Labute approximate surface area is 226 Å². The number of nitrogens with one attached hydrogen (secondary N) is 1. The lowest BCUT2D eigenvalue weighted by molar-refractivity contribution is -0.146. The van der Waals surface area contributed by atoms with Crippen molar-refractivity contribution < 1.29 is 32.7 Å². The van der Waals surface area contributed by atoms with Gasteiger partial charge in [0.25, 0.3) is 0 Å². The molecular weight excluding hydrogens is 567 g/mol. The Morgan fingerprint density at radius 1 is 1.16 bits per heavy atom. The highest BCUT2D eigenvalue weighted by molar-refractivity contribution is 9.10. The molecule has 0 aromatic heterocycles. The van der Waals surface area contributed by atoms with Gasteiger partial charge in [0, 0.05) is 40.3 Å². The monoisotopic (exact) mass is 595 g/mol. The van der Waals surface area contributed by atoms with Gasteiger partial charge in [-0.05, 0) is 30.0 Å². The Bertz CT molecular complexity index is 1220. The van der Waals surface area contributed by atoms with Crippen LogP contribution < -0.4 is 11.1 Å². The van der Waals surface area contributed by atoms with Crippen LogP contribution in [0, 0.1) is 11.8 Å². The number of amides is 2. The number of halogens is 4. The standard InChI is InChI=1S/C27H29BrF3N3O4/c1-2-6-17(24(32)37)18(11-12-27(29,30)31)26(38)34-25-22(36)13-19-16(9-10-21(28)20(19)14-35)23(33-25)15-7-4-3-5-8-15/h3-5,7-10,17-18,25,35H,2,6,11-14H2,1H3,(H2,32,37)(H,34,38)/t17-,18+,25+/m0/s1. The van der Waals surface area contributed by atoms with E-state index in [1.165, 1.54) is 0 Å². The fourth-order valence-electron chi connectivity index (χ4n) is 4.67. The van der Waals surface area contributed by atoms with Crippen molar-refractivity contribution in [3.63, 3.8) is 0 Å². The first-order valence-electron chi connectivity index (χ1n) is 12.2. The predicted molar refractivity (Wildman–Crippen MR) is 139 cm³/mol. The molecule has 2 aromatic carbocycles. The number of alkyl halides is 3. The summed E-state index contributed by atoms with van der Waals surface area (Å²) in [6.07, 6.45) is -7.52. The summed E-state index contributed by atoms with van der Waals surface area (Å²) in [5.74, 6) is -4.80. The van der Waals surface area contributed by atoms with Crippen LogP contribution in [0.4, 0.5) is 13.2 Å². The lowest BCUT2D eigenvalue weighted by Gasteiger charge is -2.25. The van der Waals surface area contributed by atoms with Crippen molar-refractivity contribution in [2.45, 2.75) is 58.0 Å². The van der Waals surface area contributed by atoms with Crippen molar-refractivity contribution in [2.75, 3.05) is 0 Å². The smallest absolute Gasteiger partial charge is 0.389 e. The van der Waals surface area contributed by atoms with Crippen LogP contribution in [-0.4, -0.2) is 40.8 Å². The first-order chi connectivity index (χ1) is 18.0. The zero-order chi connectivity index (χ0) is 28.0. The van der Waals surface area contributed by atoms with Gasteiger partial charge in [0.1, 0.15) is 0 Å². The zero-order valence-electron chi connectivity index (χ0n) is 20.7. The topological polar surface area (TPSA) is 122 Å². The molecule has 38 heavy (non-hydrogen) atoms. The van der Waals surface area contributed by atoms with Gasteiger partial charge in [0.2, 0.25) is 11.8 Å². The van der Waals surface area contributed by atoms with Crippen molar-refractivity contribution >= 4 is 39.2 Å². The van der Waals surface area contributed by atoms with Crippen molar-refractivity contribution in [3.05, 3.63) is 69.2 Å². The Morgan fingerprint density at radius 2 is 1.84 bits per heavy atom. The molecule has 0 fully saturated rings. The zero-order valence-corrected chi connectivity index (χ0v) is 22.3. The van der Waals surface area contributed by atoms with E-state index in [1.54, 1.807) is 49.4 Å². The van der Waals surface area contributed by atoms with Crippen LogP contribution in [0.3, 0.4) is 0 Å². The number of primary amides is 1. The van der Waals surface area contributed by atoms with Gasteiger partial charge < -0.3 is 16.2 Å². The molecule has 204 valence electrons. The summed E-state index contributed by atoms with van der Waals surface area (Å²) in [5, 5.41) is 12.5. The second kappa shape index (κ2) is 12.7.